The summed E-state index contributed by atoms with van der Waals surface area (Å²) in [6.45, 7) is 6.17. The molecule has 0 aliphatic carbocycles. The number of aliphatic hydroxyl groups excluding tert-OH is 1. The topological polar surface area (TPSA) is 78.9 Å². The van der Waals surface area contributed by atoms with Crippen LogP contribution in [-0.2, 0) is 21.7 Å². The minimum atomic E-state index is -1.14. The number of imide groups is 1. The number of carbonyl (C=O) groups is 2. The summed E-state index contributed by atoms with van der Waals surface area (Å²) in [6, 6.07) is 16.8. The van der Waals surface area contributed by atoms with Crippen LogP contribution in [0.2, 0.25) is 0 Å². The Morgan fingerprint density at radius 1 is 1.07 bits per heavy atom. The fourth-order valence-electron chi connectivity index (χ4n) is 3.41. The van der Waals surface area contributed by atoms with Crippen LogP contribution in [0.5, 0.6) is 0 Å². The second-order valence-electron chi connectivity index (χ2n) is 7.90. The van der Waals surface area contributed by atoms with Crippen molar-refractivity contribution in [1.82, 2.24) is 10.2 Å². The highest BCUT2D eigenvalue weighted by atomic mass is 16.5. The van der Waals surface area contributed by atoms with Crippen molar-refractivity contribution in [1.29, 1.82) is 0 Å². The van der Waals surface area contributed by atoms with E-state index < -0.39 is 17.7 Å². The normalized spacial score (nSPS) is 20.2. The number of rotatable bonds is 8. The summed E-state index contributed by atoms with van der Waals surface area (Å²) in [4.78, 5) is 26.5. The van der Waals surface area contributed by atoms with Gasteiger partial charge in [-0.1, -0.05) is 68.4 Å². The Labute approximate surface area is 171 Å². The third kappa shape index (κ3) is 4.66. The Morgan fingerprint density at radius 2 is 1.72 bits per heavy atom. The highest BCUT2D eigenvalue weighted by Gasteiger charge is 2.49. The first-order chi connectivity index (χ1) is 13.8. The van der Waals surface area contributed by atoms with Crippen LogP contribution in [0.15, 0.2) is 54.6 Å². The lowest BCUT2D eigenvalue weighted by Crippen LogP contribution is -2.42. The Kier molecular flexibility index (Phi) is 6.35. The molecule has 0 bridgehead atoms. The van der Waals surface area contributed by atoms with E-state index in [1.165, 1.54) is 0 Å². The zero-order valence-electron chi connectivity index (χ0n) is 17.1. The number of nitrogens with zero attached hydrogens (tertiary/aromatic N) is 1. The van der Waals surface area contributed by atoms with Crippen molar-refractivity contribution in [3.63, 3.8) is 0 Å². The number of hydrogen-bond acceptors (Lipinski definition) is 4. The maximum atomic E-state index is 13.0. The SMILES string of the molecule is CC(C)c1ccc(C2(C)NC(=O)N(CC(O)COCc3ccccc3)C2=O)cc1. The maximum Gasteiger partial charge on any atom is 0.325 e. The van der Waals surface area contributed by atoms with E-state index in [-0.39, 0.29) is 19.1 Å². The standard InChI is InChI=1S/C23H28N2O4/c1-16(2)18-9-11-19(12-10-18)23(3)21(27)25(22(28)24-23)13-20(26)15-29-14-17-7-5-4-6-8-17/h4-12,16,20,26H,13-15H2,1-3H3,(H,24,28). The molecule has 2 aromatic rings. The molecule has 3 rings (SSSR count). The molecule has 0 spiro atoms. The Morgan fingerprint density at radius 3 is 2.34 bits per heavy atom. The molecule has 29 heavy (non-hydrogen) atoms. The minimum Gasteiger partial charge on any atom is -0.389 e. The predicted molar refractivity (Wildman–Crippen MR) is 110 cm³/mol. The van der Waals surface area contributed by atoms with Crippen molar-refractivity contribution in [3.05, 3.63) is 71.3 Å². The number of amides is 3. The summed E-state index contributed by atoms with van der Waals surface area (Å²) in [5.74, 6) is 0.00941. The molecule has 1 heterocycles. The van der Waals surface area contributed by atoms with Gasteiger partial charge in [0, 0.05) is 0 Å². The lowest BCUT2D eigenvalue weighted by Gasteiger charge is -2.23. The van der Waals surface area contributed by atoms with Crippen LogP contribution in [-0.4, -0.2) is 41.2 Å². The molecule has 2 unspecified atom stereocenters. The van der Waals surface area contributed by atoms with E-state index in [1.54, 1.807) is 6.92 Å². The van der Waals surface area contributed by atoms with Gasteiger partial charge in [-0.3, -0.25) is 9.69 Å². The van der Waals surface area contributed by atoms with Gasteiger partial charge in [-0.15, -0.1) is 0 Å². The van der Waals surface area contributed by atoms with Crippen LogP contribution >= 0.6 is 0 Å². The van der Waals surface area contributed by atoms with Crippen LogP contribution in [0, 0.1) is 0 Å². The Bertz CT molecular complexity index is 851. The first kappa shape index (κ1) is 21.0. The van der Waals surface area contributed by atoms with Gasteiger partial charge < -0.3 is 15.2 Å². The fraction of sp³-hybridized carbons (Fsp3) is 0.391. The average molecular weight is 396 g/mol. The first-order valence-corrected chi connectivity index (χ1v) is 9.85. The molecule has 2 N–H and O–H groups in total. The summed E-state index contributed by atoms with van der Waals surface area (Å²) in [7, 11) is 0. The molecule has 6 nitrogen and oxygen atoms in total. The lowest BCUT2D eigenvalue weighted by atomic mass is 9.90. The molecule has 0 radical (unpaired) electrons. The van der Waals surface area contributed by atoms with Crippen LogP contribution < -0.4 is 5.32 Å². The number of hydrogen-bond donors (Lipinski definition) is 2. The Balaban J connectivity index is 1.60. The summed E-state index contributed by atoms with van der Waals surface area (Å²) < 4.78 is 5.51. The molecule has 1 aliphatic rings. The van der Waals surface area contributed by atoms with Crippen molar-refractivity contribution in [2.45, 2.75) is 44.9 Å². The van der Waals surface area contributed by atoms with E-state index in [9.17, 15) is 14.7 Å². The molecule has 1 aliphatic heterocycles. The van der Waals surface area contributed by atoms with Gasteiger partial charge in [0.2, 0.25) is 0 Å². The van der Waals surface area contributed by atoms with Crippen molar-refractivity contribution in [2.75, 3.05) is 13.2 Å². The molecule has 2 atom stereocenters. The third-order valence-corrected chi connectivity index (χ3v) is 5.24. The highest BCUT2D eigenvalue weighted by molar-refractivity contribution is 6.07. The molecule has 0 saturated carbocycles. The van der Waals surface area contributed by atoms with Crippen LogP contribution in [0.3, 0.4) is 0 Å². The van der Waals surface area contributed by atoms with Gasteiger partial charge in [-0.25, -0.2) is 4.79 Å². The van der Waals surface area contributed by atoms with Gasteiger partial charge in [0.05, 0.1) is 25.9 Å². The molecule has 2 aromatic carbocycles. The van der Waals surface area contributed by atoms with E-state index in [4.69, 9.17) is 4.74 Å². The zero-order chi connectivity index (χ0) is 21.0. The summed E-state index contributed by atoms with van der Waals surface area (Å²) >= 11 is 0. The van der Waals surface area contributed by atoms with Crippen LogP contribution in [0.25, 0.3) is 0 Å². The summed E-state index contributed by atoms with van der Waals surface area (Å²) in [5.41, 5.74) is 1.73. The van der Waals surface area contributed by atoms with Gasteiger partial charge in [-0.2, -0.15) is 0 Å². The summed E-state index contributed by atoms with van der Waals surface area (Å²) in [6.07, 6.45) is -0.959. The molecule has 154 valence electrons. The van der Waals surface area contributed by atoms with Gasteiger partial charge in [0.25, 0.3) is 5.91 Å². The Hall–Kier alpha value is -2.70. The molecule has 0 aromatic heterocycles. The fourth-order valence-corrected chi connectivity index (χ4v) is 3.41. The van der Waals surface area contributed by atoms with E-state index in [0.717, 1.165) is 21.6 Å². The lowest BCUT2D eigenvalue weighted by molar-refractivity contribution is -0.132. The largest absolute Gasteiger partial charge is 0.389 e. The van der Waals surface area contributed by atoms with E-state index in [1.807, 2.05) is 54.6 Å². The molecular weight excluding hydrogens is 368 g/mol. The number of aliphatic hydroxyl groups is 1. The number of benzene rings is 2. The number of nitrogens with one attached hydrogen (secondary N) is 1. The maximum absolute atomic E-state index is 13.0. The highest BCUT2D eigenvalue weighted by Crippen LogP contribution is 2.30. The quantitative estimate of drug-likeness (QED) is 0.672. The van der Waals surface area contributed by atoms with Crippen LogP contribution in [0.4, 0.5) is 4.79 Å². The van der Waals surface area contributed by atoms with Crippen molar-refractivity contribution in [2.24, 2.45) is 0 Å². The zero-order valence-corrected chi connectivity index (χ0v) is 17.1. The number of ether oxygens (including phenoxy) is 1. The molecule has 6 heteroatoms. The molecule has 1 saturated heterocycles. The number of β-amino-alcohol motifs (C(OH)–C–C–N with tert-alkyl or cyclic N) is 1. The molecule has 3 amide bonds. The van der Waals surface area contributed by atoms with E-state index in [2.05, 4.69) is 19.2 Å². The number of urea groups is 1. The predicted octanol–water partition coefficient (Wildman–Crippen LogP) is 3.15. The molecular formula is C23H28N2O4. The second-order valence-corrected chi connectivity index (χ2v) is 7.90. The van der Waals surface area contributed by atoms with Gasteiger partial charge in [0.15, 0.2) is 0 Å². The van der Waals surface area contributed by atoms with Gasteiger partial charge in [0.1, 0.15) is 5.54 Å². The third-order valence-electron chi connectivity index (χ3n) is 5.24. The first-order valence-electron chi connectivity index (χ1n) is 9.85. The number of carbonyl (C=O) groups excluding carboxylic acids is 2. The van der Waals surface area contributed by atoms with Gasteiger partial charge >= 0.3 is 6.03 Å². The van der Waals surface area contributed by atoms with Crippen molar-refractivity contribution >= 4 is 11.9 Å². The van der Waals surface area contributed by atoms with E-state index in [0.29, 0.717) is 12.5 Å². The van der Waals surface area contributed by atoms with E-state index >= 15 is 0 Å². The molecule has 1 fully saturated rings. The van der Waals surface area contributed by atoms with Gasteiger partial charge in [-0.05, 0) is 29.5 Å². The minimum absolute atomic E-state index is 0.0335. The summed E-state index contributed by atoms with van der Waals surface area (Å²) in [5, 5.41) is 13.0. The monoisotopic (exact) mass is 396 g/mol. The smallest absolute Gasteiger partial charge is 0.325 e. The second kappa shape index (κ2) is 8.76. The van der Waals surface area contributed by atoms with Crippen LogP contribution in [0.1, 0.15) is 43.4 Å². The van der Waals surface area contributed by atoms with Crippen molar-refractivity contribution < 1.29 is 19.4 Å². The average Bonchev–Trinajstić information content (AvgIpc) is 2.93. The van der Waals surface area contributed by atoms with Crippen molar-refractivity contribution in [3.8, 4) is 0 Å².